The van der Waals surface area contributed by atoms with Gasteiger partial charge < -0.3 is 10.1 Å². The Morgan fingerprint density at radius 1 is 1.10 bits per heavy atom. The van der Waals surface area contributed by atoms with Gasteiger partial charge in [0.2, 0.25) is 5.88 Å². The van der Waals surface area contributed by atoms with Crippen LogP contribution in [0.1, 0.15) is 37.6 Å². The minimum Gasteiger partial charge on any atom is -0.437 e. The van der Waals surface area contributed by atoms with Crippen LogP contribution in [-0.4, -0.2) is 15.5 Å². The lowest BCUT2D eigenvalue weighted by molar-refractivity contribution is 0.418. The summed E-state index contributed by atoms with van der Waals surface area (Å²) in [6.45, 7) is 11.1. The van der Waals surface area contributed by atoms with Gasteiger partial charge in [-0.25, -0.2) is 4.98 Å². The van der Waals surface area contributed by atoms with Gasteiger partial charge in [0.05, 0.1) is 18.1 Å². The van der Waals surface area contributed by atoms with Gasteiger partial charge in [0.1, 0.15) is 5.75 Å². The Bertz CT molecular complexity index is 600. The molecule has 112 valence electrons. The van der Waals surface area contributed by atoms with Crippen molar-refractivity contribution in [1.82, 2.24) is 15.3 Å². The molecule has 0 radical (unpaired) electrons. The third-order valence-corrected chi connectivity index (χ3v) is 3.04. The Morgan fingerprint density at radius 3 is 2.48 bits per heavy atom. The summed E-state index contributed by atoms with van der Waals surface area (Å²) in [6.07, 6.45) is 3.42. The minimum atomic E-state index is 0.0650. The molecule has 4 nitrogen and oxygen atoms in total. The standard InChI is InChI=1S/C17H23N3O/c1-12-6-7-13(2)15(8-12)21-16-11-18-14(9-19-16)10-20-17(3,4)5/h6-9,11,20H,10H2,1-5H3. The van der Waals surface area contributed by atoms with E-state index in [9.17, 15) is 0 Å². The molecular formula is C17H23N3O. The summed E-state index contributed by atoms with van der Waals surface area (Å²) in [5, 5.41) is 3.38. The first-order chi connectivity index (χ1) is 9.83. The molecule has 0 fully saturated rings. The Labute approximate surface area is 126 Å². The molecule has 0 saturated heterocycles. The number of nitrogens with one attached hydrogen (secondary N) is 1. The van der Waals surface area contributed by atoms with Gasteiger partial charge in [0.25, 0.3) is 0 Å². The van der Waals surface area contributed by atoms with Gasteiger partial charge in [0, 0.05) is 12.1 Å². The third-order valence-electron chi connectivity index (χ3n) is 3.04. The quantitative estimate of drug-likeness (QED) is 0.928. The van der Waals surface area contributed by atoms with E-state index in [4.69, 9.17) is 4.74 Å². The second-order valence-corrected chi connectivity index (χ2v) is 6.32. The first-order valence-corrected chi connectivity index (χ1v) is 7.14. The molecule has 2 aromatic rings. The van der Waals surface area contributed by atoms with E-state index in [1.54, 1.807) is 12.4 Å². The molecule has 1 aromatic carbocycles. The van der Waals surface area contributed by atoms with Crippen LogP contribution in [-0.2, 0) is 6.54 Å². The van der Waals surface area contributed by atoms with Crippen molar-refractivity contribution in [2.24, 2.45) is 0 Å². The van der Waals surface area contributed by atoms with Crippen molar-refractivity contribution in [3.63, 3.8) is 0 Å². The summed E-state index contributed by atoms with van der Waals surface area (Å²) >= 11 is 0. The Hall–Kier alpha value is -1.94. The number of hydrogen-bond donors (Lipinski definition) is 1. The van der Waals surface area contributed by atoms with Gasteiger partial charge in [-0.3, -0.25) is 4.98 Å². The van der Waals surface area contributed by atoms with E-state index in [1.165, 1.54) is 0 Å². The van der Waals surface area contributed by atoms with Crippen LogP contribution in [0, 0.1) is 13.8 Å². The molecule has 1 N–H and O–H groups in total. The van der Waals surface area contributed by atoms with E-state index in [-0.39, 0.29) is 5.54 Å². The van der Waals surface area contributed by atoms with Crippen LogP contribution in [0.3, 0.4) is 0 Å². The lowest BCUT2D eigenvalue weighted by atomic mass is 10.1. The highest BCUT2D eigenvalue weighted by Crippen LogP contribution is 2.24. The van der Waals surface area contributed by atoms with Crippen molar-refractivity contribution in [2.45, 2.75) is 46.7 Å². The molecule has 4 heteroatoms. The molecule has 0 aliphatic rings. The van der Waals surface area contributed by atoms with Gasteiger partial charge in [-0.15, -0.1) is 0 Å². The van der Waals surface area contributed by atoms with E-state index in [1.807, 2.05) is 26.0 Å². The molecule has 1 aromatic heterocycles. The summed E-state index contributed by atoms with van der Waals surface area (Å²) in [4.78, 5) is 8.70. The molecule has 2 rings (SSSR count). The van der Waals surface area contributed by atoms with Gasteiger partial charge in [-0.05, 0) is 51.8 Å². The van der Waals surface area contributed by atoms with Crippen molar-refractivity contribution in [2.75, 3.05) is 0 Å². The Kier molecular flexibility index (Phi) is 4.58. The fraction of sp³-hybridized carbons (Fsp3) is 0.412. The van der Waals surface area contributed by atoms with Crippen molar-refractivity contribution in [3.05, 3.63) is 47.4 Å². The highest BCUT2D eigenvalue weighted by atomic mass is 16.5. The van der Waals surface area contributed by atoms with E-state index in [0.717, 1.165) is 22.6 Å². The third kappa shape index (κ3) is 4.83. The molecule has 21 heavy (non-hydrogen) atoms. The van der Waals surface area contributed by atoms with Gasteiger partial charge >= 0.3 is 0 Å². The maximum absolute atomic E-state index is 5.80. The maximum atomic E-state index is 5.80. The van der Waals surface area contributed by atoms with Crippen molar-refractivity contribution >= 4 is 0 Å². The SMILES string of the molecule is Cc1ccc(C)c(Oc2cnc(CNC(C)(C)C)cn2)c1. The zero-order chi connectivity index (χ0) is 15.5. The average molecular weight is 285 g/mol. The molecular weight excluding hydrogens is 262 g/mol. The second-order valence-electron chi connectivity index (χ2n) is 6.32. The minimum absolute atomic E-state index is 0.0650. The largest absolute Gasteiger partial charge is 0.437 e. The Balaban J connectivity index is 2.04. The summed E-state index contributed by atoms with van der Waals surface area (Å²) in [5.74, 6) is 1.34. The van der Waals surface area contributed by atoms with Crippen molar-refractivity contribution in [1.29, 1.82) is 0 Å². The number of ether oxygens (including phenoxy) is 1. The molecule has 0 unspecified atom stereocenters. The average Bonchev–Trinajstić information content (AvgIpc) is 2.41. The molecule has 0 atom stereocenters. The van der Waals surface area contributed by atoms with Crippen LogP contribution in [0.4, 0.5) is 0 Å². The van der Waals surface area contributed by atoms with E-state index < -0.39 is 0 Å². The van der Waals surface area contributed by atoms with Crippen LogP contribution in [0.2, 0.25) is 0 Å². The smallest absolute Gasteiger partial charge is 0.237 e. The van der Waals surface area contributed by atoms with E-state index in [2.05, 4.69) is 42.1 Å². The highest BCUT2D eigenvalue weighted by molar-refractivity contribution is 5.38. The maximum Gasteiger partial charge on any atom is 0.237 e. The normalized spacial score (nSPS) is 11.5. The van der Waals surface area contributed by atoms with Crippen LogP contribution < -0.4 is 10.1 Å². The predicted molar refractivity (Wildman–Crippen MR) is 84.6 cm³/mol. The lowest BCUT2D eigenvalue weighted by Crippen LogP contribution is -2.35. The first kappa shape index (κ1) is 15.4. The zero-order valence-electron chi connectivity index (χ0n) is 13.4. The molecule has 1 heterocycles. The highest BCUT2D eigenvalue weighted by Gasteiger charge is 2.09. The van der Waals surface area contributed by atoms with Crippen LogP contribution in [0.15, 0.2) is 30.6 Å². The molecule has 0 spiro atoms. The number of nitrogens with zero attached hydrogens (tertiary/aromatic N) is 2. The molecule has 0 saturated carbocycles. The number of benzene rings is 1. The fourth-order valence-corrected chi connectivity index (χ4v) is 1.77. The van der Waals surface area contributed by atoms with Crippen LogP contribution >= 0.6 is 0 Å². The number of aryl methyl sites for hydroxylation is 2. The van der Waals surface area contributed by atoms with Crippen LogP contribution in [0.25, 0.3) is 0 Å². The Morgan fingerprint density at radius 2 is 1.86 bits per heavy atom. The summed E-state index contributed by atoms with van der Waals surface area (Å²) in [6, 6.07) is 6.11. The monoisotopic (exact) mass is 285 g/mol. The molecule has 0 bridgehead atoms. The van der Waals surface area contributed by atoms with Crippen molar-refractivity contribution in [3.8, 4) is 11.6 Å². The summed E-state index contributed by atoms with van der Waals surface area (Å²) in [7, 11) is 0. The van der Waals surface area contributed by atoms with E-state index >= 15 is 0 Å². The second kappa shape index (κ2) is 6.22. The molecule has 0 aliphatic heterocycles. The lowest BCUT2D eigenvalue weighted by Gasteiger charge is -2.20. The summed E-state index contributed by atoms with van der Waals surface area (Å²) < 4.78 is 5.80. The predicted octanol–water partition coefficient (Wildman–Crippen LogP) is 3.77. The number of hydrogen-bond acceptors (Lipinski definition) is 4. The molecule has 0 aliphatic carbocycles. The topological polar surface area (TPSA) is 47.0 Å². The van der Waals surface area contributed by atoms with E-state index in [0.29, 0.717) is 12.4 Å². The number of aromatic nitrogens is 2. The van der Waals surface area contributed by atoms with Crippen LogP contribution in [0.5, 0.6) is 11.6 Å². The first-order valence-electron chi connectivity index (χ1n) is 7.14. The fourth-order valence-electron chi connectivity index (χ4n) is 1.77. The van der Waals surface area contributed by atoms with Crippen molar-refractivity contribution < 1.29 is 4.74 Å². The van der Waals surface area contributed by atoms with Gasteiger partial charge in [0.15, 0.2) is 0 Å². The van der Waals surface area contributed by atoms with Gasteiger partial charge in [-0.1, -0.05) is 12.1 Å². The van der Waals surface area contributed by atoms with Gasteiger partial charge in [-0.2, -0.15) is 0 Å². The zero-order valence-corrected chi connectivity index (χ0v) is 13.4. The molecule has 0 amide bonds. The summed E-state index contributed by atoms with van der Waals surface area (Å²) in [5.41, 5.74) is 3.21. The number of rotatable bonds is 4.